The van der Waals surface area contributed by atoms with Crippen molar-refractivity contribution in [2.45, 2.75) is 30.8 Å². The van der Waals surface area contributed by atoms with Crippen LogP contribution in [0, 0.1) is 0 Å². The summed E-state index contributed by atoms with van der Waals surface area (Å²) >= 11 is 0. The second-order valence-electron chi connectivity index (χ2n) is 5.92. The third-order valence-electron chi connectivity index (χ3n) is 3.73. The maximum absolute atomic E-state index is 12.5. The molecule has 1 aliphatic rings. The molecule has 150 valence electrons. The number of aliphatic imine (C=N–C) groups is 1. The van der Waals surface area contributed by atoms with Gasteiger partial charge in [0, 0.05) is 32.7 Å². The fourth-order valence-corrected chi connectivity index (χ4v) is 3.36. The summed E-state index contributed by atoms with van der Waals surface area (Å²) in [4.78, 5) is 6.14. The highest BCUT2D eigenvalue weighted by Gasteiger charge is 2.50. The Hall–Kier alpha value is -0.340. The van der Waals surface area contributed by atoms with Crippen LogP contribution >= 0.6 is 24.0 Å². The largest absolute Gasteiger partial charge is 0.511 e. The van der Waals surface area contributed by atoms with Crippen LogP contribution in [0.4, 0.5) is 13.2 Å². The molecule has 0 atom stereocenters. The van der Waals surface area contributed by atoms with E-state index in [1.165, 1.54) is 0 Å². The molecule has 1 rings (SSSR count). The van der Waals surface area contributed by atoms with Gasteiger partial charge >= 0.3 is 15.5 Å². The highest BCUT2D eigenvalue weighted by Crippen LogP contribution is 2.28. The molecule has 0 unspecified atom stereocenters. The zero-order valence-corrected chi connectivity index (χ0v) is 17.8. The van der Waals surface area contributed by atoms with Gasteiger partial charge in [0.25, 0.3) is 0 Å². The number of alkyl halides is 3. The van der Waals surface area contributed by atoms with Crippen molar-refractivity contribution in [3.63, 3.8) is 0 Å². The smallest absolute Gasteiger partial charge is 0.356 e. The summed E-state index contributed by atoms with van der Waals surface area (Å²) in [7, 11) is 0.352. The van der Waals surface area contributed by atoms with Crippen molar-refractivity contribution in [3.05, 3.63) is 0 Å². The molecule has 1 heterocycles. The zero-order valence-electron chi connectivity index (χ0n) is 14.6. The molecule has 12 heteroatoms. The molecule has 0 radical (unpaired) electrons. The van der Waals surface area contributed by atoms with E-state index < -0.39 is 15.5 Å². The number of sulfonamides is 1. The predicted octanol–water partition coefficient (Wildman–Crippen LogP) is 1.04. The van der Waals surface area contributed by atoms with E-state index in [0.29, 0.717) is 23.1 Å². The Kier molecular flexibility index (Phi) is 10.6. The summed E-state index contributed by atoms with van der Waals surface area (Å²) in [5.74, 6) is 0.575. The fraction of sp³-hybridized carbons (Fsp3) is 0.923. The van der Waals surface area contributed by atoms with Crippen LogP contribution in [0.2, 0.25) is 0 Å². The topological polar surface area (TPSA) is 77.0 Å². The van der Waals surface area contributed by atoms with Crippen molar-refractivity contribution in [2.75, 3.05) is 47.3 Å². The second kappa shape index (κ2) is 10.7. The van der Waals surface area contributed by atoms with Gasteiger partial charge in [0.1, 0.15) is 0 Å². The lowest BCUT2D eigenvalue weighted by Gasteiger charge is -2.32. The summed E-state index contributed by atoms with van der Waals surface area (Å²) in [6.07, 6.45) is 1.53. The Morgan fingerprint density at radius 3 is 2.28 bits per heavy atom. The monoisotopic (exact) mass is 501 g/mol. The van der Waals surface area contributed by atoms with Crippen LogP contribution < -0.4 is 10.6 Å². The minimum Gasteiger partial charge on any atom is -0.356 e. The highest BCUT2D eigenvalue weighted by atomic mass is 127. The molecule has 0 amide bonds. The standard InChI is InChI=1S/C13H26F3N5O2S.HI/c1-17-12(18-7-4-8-20(2)3)19-11-5-9-21(10-6-11)24(22,23)13(14,15)16;/h11H,4-10H2,1-3H3,(H2,17,18,19);1H. The van der Waals surface area contributed by atoms with E-state index in [2.05, 4.69) is 20.5 Å². The number of guanidine groups is 1. The Bertz CT molecular complexity index is 520. The van der Waals surface area contributed by atoms with Crippen LogP contribution in [0.25, 0.3) is 0 Å². The van der Waals surface area contributed by atoms with Crippen LogP contribution in [0.15, 0.2) is 4.99 Å². The third kappa shape index (κ3) is 7.83. The predicted molar refractivity (Wildman–Crippen MR) is 103 cm³/mol. The first-order valence-electron chi connectivity index (χ1n) is 7.76. The highest BCUT2D eigenvalue weighted by molar-refractivity contribution is 14.0. The van der Waals surface area contributed by atoms with Gasteiger partial charge in [-0.1, -0.05) is 0 Å². The SMILES string of the molecule is CN=C(NCCCN(C)C)NC1CCN(S(=O)(=O)C(F)(F)F)CC1.I. The lowest BCUT2D eigenvalue weighted by atomic mass is 10.1. The Morgan fingerprint density at radius 1 is 1.28 bits per heavy atom. The summed E-state index contributed by atoms with van der Waals surface area (Å²) in [5.41, 5.74) is -5.24. The molecule has 1 fully saturated rings. The fourth-order valence-electron chi connectivity index (χ4n) is 2.38. The first-order chi connectivity index (χ1) is 11.1. The van der Waals surface area contributed by atoms with Crippen LogP contribution in [0.3, 0.4) is 0 Å². The maximum atomic E-state index is 12.5. The molecule has 1 aliphatic heterocycles. The van der Waals surface area contributed by atoms with Gasteiger partial charge in [-0.15, -0.1) is 24.0 Å². The van der Waals surface area contributed by atoms with E-state index in [4.69, 9.17) is 0 Å². The molecule has 25 heavy (non-hydrogen) atoms. The van der Waals surface area contributed by atoms with Crippen molar-refractivity contribution < 1.29 is 21.6 Å². The second-order valence-corrected chi connectivity index (χ2v) is 7.85. The number of nitrogens with one attached hydrogen (secondary N) is 2. The minimum absolute atomic E-state index is 0. The van der Waals surface area contributed by atoms with Crippen LogP contribution in [0.1, 0.15) is 19.3 Å². The van der Waals surface area contributed by atoms with E-state index in [0.717, 1.165) is 19.5 Å². The number of halogens is 4. The average Bonchev–Trinajstić information content (AvgIpc) is 2.49. The van der Waals surface area contributed by atoms with Gasteiger partial charge in [-0.05, 0) is 39.9 Å². The van der Waals surface area contributed by atoms with Crippen LogP contribution in [-0.2, 0) is 10.0 Å². The molecule has 0 aliphatic carbocycles. The van der Waals surface area contributed by atoms with E-state index in [9.17, 15) is 21.6 Å². The molecule has 0 saturated carbocycles. The number of rotatable bonds is 6. The van der Waals surface area contributed by atoms with Gasteiger partial charge in [0.2, 0.25) is 0 Å². The summed E-state index contributed by atoms with van der Waals surface area (Å²) in [5, 5.41) is 6.27. The molecule has 0 bridgehead atoms. The number of hydrogen-bond donors (Lipinski definition) is 2. The van der Waals surface area contributed by atoms with Crippen LogP contribution in [-0.4, -0.2) is 82.5 Å². The summed E-state index contributed by atoms with van der Waals surface area (Å²) in [6, 6.07) is -0.107. The zero-order chi connectivity index (χ0) is 18.4. The average molecular weight is 501 g/mol. The van der Waals surface area contributed by atoms with Crippen molar-refractivity contribution >= 4 is 40.0 Å². The van der Waals surface area contributed by atoms with E-state index in [1.807, 2.05) is 14.1 Å². The van der Waals surface area contributed by atoms with Gasteiger partial charge < -0.3 is 15.5 Å². The molecule has 0 aromatic rings. The third-order valence-corrected chi connectivity index (χ3v) is 5.36. The normalized spacial score (nSPS) is 18.1. The van der Waals surface area contributed by atoms with Crippen LogP contribution in [0.5, 0.6) is 0 Å². The number of nitrogens with zero attached hydrogens (tertiary/aromatic N) is 3. The van der Waals surface area contributed by atoms with E-state index in [-0.39, 0.29) is 43.1 Å². The summed E-state index contributed by atoms with van der Waals surface area (Å²) < 4.78 is 60.8. The lowest BCUT2D eigenvalue weighted by molar-refractivity contribution is -0.0494. The quantitative estimate of drug-likeness (QED) is 0.246. The van der Waals surface area contributed by atoms with Crippen molar-refractivity contribution in [3.8, 4) is 0 Å². The number of piperidine rings is 1. The Labute approximate surface area is 164 Å². The molecule has 1 saturated heterocycles. The van der Waals surface area contributed by atoms with E-state index >= 15 is 0 Å². The van der Waals surface area contributed by atoms with Gasteiger partial charge in [-0.25, -0.2) is 8.42 Å². The molecule has 0 aromatic heterocycles. The van der Waals surface area contributed by atoms with Gasteiger partial charge in [0.15, 0.2) is 5.96 Å². The first kappa shape index (κ1) is 24.7. The maximum Gasteiger partial charge on any atom is 0.511 e. The van der Waals surface area contributed by atoms with Gasteiger partial charge in [-0.3, -0.25) is 4.99 Å². The molecule has 7 nitrogen and oxygen atoms in total. The minimum atomic E-state index is -5.24. The molecular formula is C13H27F3IN5O2S. The van der Waals surface area contributed by atoms with Gasteiger partial charge in [-0.2, -0.15) is 17.5 Å². The molecule has 0 aromatic carbocycles. The van der Waals surface area contributed by atoms with Crippen molar-refractivity contribution in [1.29, 1.82) is 0 Å². The number of hydrogen-bond acceptors (Lipinski definition) is 4. The van der Waals surface area contributed by atoms with Crippen molar-refractivity contribution in [1.82, 2.24) is 19.8 Å². The van der Waals surface area contributed by atoms with Gasteiger partial charge in [0.05, 0.1) is 0 Å². The summed E-state index contributed by atoms with van der Waals surface area (Å²) in [6.45, 7) is 1.34. The first-order valence-corrected chi connectivity index (χ1v) is 9.20. The molecule has 0 spiro atoms. The Balaban J connectivity index is 0.00000576. The molecule has 2 N–H and O–H groups in total. The lowest BCUT2D eigenvalue weighted by Crippen LogP contribution is -2.51. The van der Waals surface area contributed by atoms with Crippen molar-refractivity contribution in [2.24, 2.45) is 4.99 Å². The Morgan fingerprint density at radius 2 is 1.84 bits per heavy atom. The van der Waals surface area contributed by atoms with E-state index in [1.54, 1.807) is 7.05 Å². The molecular weight excluding hydrogens is 474 g/mol.